The molecule has 2 fully saturated rings. The van der Waals surface area contributed by atoms with Crippen LogP contribution in [-0.4, -0.2) is 89.5 Å². The van der Waals surface area contributed by atoms with Gasteiger partial charge in [0.1, 0.15) is 17.4 Å². The van der Waals surface area contributed by atoms with Gasteiger partial charge in [-0.1, -0.05) is 10.4 Å². The molecule has 9 N–H and O–H groups in total. The first-order chi connectivity index (χ1) is 17.8. The molecular formula is C17H21N11O8S2. The highest BCUT2D eigenvalue weighted by atomic mass is 32.2. The second-order valence-corrected chi connectivity index (χ2v) is 10.4. The summed E-state index contributed by atoms with van der Waals surface area (Å²) >= 11 is 0.962. The van der Waals surface area contributed by atoms with Gasteiger partial charge in [-0.2, -0.15) is 8.42 Å². The van der Waals surface area contributed by atoms with Crippen LogP contribution in [0.2, 0.25) is 0 Å². The van der Waals surface area contributed by atoms with Gasteiger partial charge in [0.2, 0.25) is 5.60 Å². The second kappa shape index (κ2) is 9.83. The molecule has 204 valence electrons. The molecule has 1 saturated heterocycles. The number of hydrogen-bond donors (Lipinski definition) is 6. The summed E-state index contributed by atoms with van der Waals surface area (Å²) in [5.41, 5.74) is 14.3. The number of carbonyl (C=O) groups is 3. The van der Waals surface area contributed by atoms with Crippen molar-refractivity contribution in [3.8, 4) is 0 Å². The topological polar surface area (TPSA) is 297 Å². The molecule has 1 saturated carbocycles. The number of anilines is 1. The number of nitrogens with zero attached hydrogens (tertiary/aromatic N) is 7. The molecule has 2 aliphatic rings. The number of rotatable bonds is 11. The van der Waals surface area contributed by atoms with E-state index in [0.717, 1.165) is 16.0 Å². The summed E-state index contributed by atoms with van der Waals surface area (Å²) in [4.78, 5) is 50.0. The summed E-state index contributed by atoms with van der Waals surface area (Å²) in [5.74, 6) is -3.65. The lowest BCUT2D eigenvalue weighted by Crippen LogP contribution is -2.73. The number of hydrogen-bond acceptors (Lipinski definition) is 13. The molecule has 0 radical (unpaired) electrons. The lowest BCUT2D eigenvalue weighted by Gasteiger charge is -2.43. The Morgan fingerprint density at radius 3 is 2.61 bits per heavy atom. The van der Waals surface area contributed by atoms with E-state index >= 15 is 0 Å². The molecule has 2 aromatic heterocycles. The van der Waals surface area contributed by atoms with Crippen molar-refractivity contribution >= 4 is 56.2 Å². The number of nitrogens with one attached hydrogen (secondary N) is 1. The number of β-lactam (4-membered cyclic amide) rings is 1. The van der Waals surface area contributed by atoms with Crippen LogP contribution >= 0.6 is 11.3 Å². The van der Waals surface area contributed by atoms with Gasteiger partial charge in [-0.25, -0.2) is 23.8 Å². The summed E-state index contributed by atoms with van der Waals surface area (Å²) in [6, 6.07) is -2.79. The molecule has 21 heteroatoms. The molecule has 0 aromatic carbocycles. The van der Waals surface area contributed by atoms with E-state index in [1.54, 1.807) is 0 Å². The zero-order valence-electron chi connectivity index (χ0n) is 19.2. The Balaban J connectivity index is 1.56. The van der Waals surface area contributed by atoms with Crippen molar-refractivity contribution < 1.29 is 37.3 Å². The molecule has 0 spiro atoms. The molecule has 19 nitrogen and oxygen atoms in total. The predicted molar refractivity (Wildman–Crippen MR) is 127 cm³/mol. The molecule has 4 rings (SSSR count). The van der Waals surface area contributed by atoms with Crippen LogP contribution in [0.25, 0.3) is 0 Å². The van der Waals surface area contributed by atoms with Gasteiger partial charge in [0, 0.05) is 18.2 Å². The van der Waals surface area contributed by atoms with Crippen LogP contribution in [-0.2, 0) is 42.6 Å². The fourth-order valence-electron chi connectivity index (χ4n) is 3.41. The summed E-state index contributed by atoms with van der Waals surface area (Å²) in [5, 5.41) is 24.4. The van der Waals surface area contributed by atoms with Gasteiger partial charge < -0.3 is 32.5 Å². The first-order valence-corrected chi connectivity index (χ1v) is 12.9. The Morgan fingerprint density at radius 1 is 1.34 bits per heavy atom. The number of carboxylic acid groups (broad SMARTS) is 1. The average Bonchev–Trinajstić information content (AvgIpc) is 3.29. The van der Waals surface area contributed by atoms with Crippen LogP contribution in [0.4, 0.5) is 5.13 Å². The molecule has 0 bridgehead atoms. The minimum atomic E-state index is -5.00. The van der Waals surface area contributed by atoms with Gasteiger partial charge in [-0.15, -0.1) is 16.4 Å². The van der Waals surface area contributed by atoms with Crippen LogP contribution in [0.15, 0.2) is 21.7 Å². The predicted octanol–water partition coefficient (Wildman–Crippen LogP) is -3.37. The zero-order valence-corrected chi connectivity index (χ0v) is 20.8. The molecule has 2 amide bonds. The maximum absolute atomic E-state index is 13.1. The van der Waals surface area contributed by atoms with E-state index < -0.39 is 51.5 Å². The standard InChI is InChI=1S/C17H21N11O8S2/c18-15(19)21-3-7-4-27(26-24-7)5-9-11(13(30)28(9)38(33,34)35)23-12(29)10(8-6-37-16(20)22-8)25-36-17(1-2-17)14(31)32/h4,6,9,11H,1-3,5H2,(H2,20,22)(H,23,29)(H,31,32)(H4,18,19,21)(H,33,34,35)/b25-10+/t9-,11+/m1/s1. The third kappa shape index (κ3) is 5.47. The third-order valence-corrected chi connectivity index (χ3v) is 7.10. The molecule has 0 unspecified atom stereocenters. The number of carboxylic acids is 1. The Kier molecular flexibility index (Phi) is 6.90. The fraction of sp³-hybridized carbons (Fsp3) is 0.412. The van der Waals surface area contributed by atoms with Crippen molar-refractivity contribution in [2.45, 2.75) is 43.6 Å². The highest BCUT2D eigenvalue weighted by molar-refractivity contribution is 7.84. The minimum absolute atomic E-state index is 0.0253. The Labute approximate surface area is 217 Å². The highest BCUT2D eigenvalue weighted by Crippen LogP contribution is 2.40. The maximum atomic E-state index is 13.1. The molecule has 3 heterocycles. The fourth-order valence-corrected chi connectivity index (χ4v) is 4.83. The largest absolute Gasteiger partial charge is 0.478 e. The van der Waals surface area contributed by atoms with Crippen molar-refractivity contribution in [2.24, 2.45) is 21.6 Å². The molecule has 38 heavy (non-hydrogen) atoms. The highest BCUT2D eigenvalue weighted by Gasteiger charge is 2.56. The number of oxime groups is 1. The molecule has 1 aliphatic heterocycles. The van der Waals surface area contributed by atoms with Gasteiger partial charge in [-0.05, 0) is 0 Å². The van der Waals surface area contributed by atoms with Crippen LogP contribution in [0.3, 0.4) is 0 Å². The van der Waals surface area contributed by atoms with Gasteiger partial charge in [0.05, 0.1) is 25.3 Å². The van der Waals surface area contributed by atoms with E-state index in [1.165, 1.54) is 11.6 Å². The van der Waals surface area contributed by atoms with Crippen molar-refractivity contribution in [1.82, 2.24) is 29.6 Å². The van der Waals surface area contributed by atoms with Crippen LogP contribution < -0.4 is 22.5 Å². The normalized spacial score (nSPS) is 20.4. The van der Waals surface area contributed by atoms with E-state index in [4.69, 9.17) is 22.0 Å². The smallest absolute Gasteiger partial charge is 0.362 e. The van der Waals surface area contributed by atoms with Crippen LogP contribution in [0, 0.1) is 0 Å². The number of thiazole rings is 1. The lowest BCUT2D eigenvalue weighted by molar-refractivity contribution is -0.153. The summed E-state index contributed by atoms with van der Waals surface area (Å²) < 4.78 is 34.5. The zero-order chi connectivity index (χ0) is 27.8. The van der Waals surface area contributed by atoms with E-state index in [1.807, 2.05) is 0 Å². The first kappa shape index (κ1) is 26.7. The lowest BCUT2D eigenvalue weighted by atomic mass is 9.98. The second-order valence-electron chi connectivity index (χ2n) is 8.20. The SMILES string of the molecule is NC(N)=NCc1cn(C[C@@H]2[C@H](NC(=O)/C(=N/OC3(C(=O)O)CC3)c3csc(N)n3)C(=O)N2S(=O)(=O)O)nn1. The van der Waals surface area contributed by atoms with Crippen molar-refractivity contribution in [1.29, 1.82) is 0 Å². The van der Waals surface area contributed by atoms with Crippen molar-refractivity contribution in [3.63, 3.8) is 0 Å². The monoisotopic (exact) mass is 571 g/mol. The number of carbonyl (C=O) groups excluding carboxylic acids is 2. The summed E-state index contributed by atoms with van der Waals surface area (Å²) in [7, 11) is -5.00. The van der Waals surface area contributed by atoms with Crippen molar-refractivity contribution in [2.75, 3.05) is 5.73 Å². The number of nitrogen functional groups attached to an aromatic ring is 1. The molecule has 1 aliphatic carbocycles. The maximum Gasteiger partial charge on any atom is 0.362 e. The van der Waals surface area contributed by atoms with E-state index in [0.29, 0.717) is 5.69 Å². The number of nitrogens with two attached hydrogens (primary N) is 3. The summed E-state index contributed by atoms with van der Waals surface area (Å²) in [6.07, 6.45) is 1.70. The number of aliphatic carboxylic acids is 1. The minimum Gasteiger partial charge on any atom is -0.478 e. The van der Waals surface area contributed by atoms with Gasteiger partial charge in [0.25, 0.3) is 11.8 Å². The Hall–Kier alpha value is -4.37. The molecule has 2 atom stereocenters. The van der Waals surface area contributed by atoms with Crippen molar-refractivity contribution in [3.05, 3.63) is 23.0 Å². The first-order valence-electron chi connectivity index (χ1n) is 10.6. The summed E-state index contributed by atoms with van der Waals surface area (Å²) in [6.45, 7) is -0.345. The van der Waals surface area contributed by atoms with Gasteiger partial charge in [0.15, 0.2) is 16.8 Å². The average molecular weight is 572 g/mol. The third-order valence-electron chi connectivity index (χ3n) is 5.47. The van der Waals surface area contributed by atoms with Crippen LogP contribution in [0.1, 0.15) is 24.2 Å². The van der Waals surface area contributed by atoms with Gasteiger partial charge in [-0.3, -0.25) is 14.1 Å². The van der Waals surface area contributed by atoms with Crippen LogP contribution in [0.5, 0.6) is 0 Å². The van der Waals surface area contributed by atoms with Gasteiger partial charge >= 0.3 is 16.3 Å². The van der Waals surface area contributed by atoms with E-state index in [9.17, 15) is 32.5 Å². The number of aliphatic imine (C=N–C) groups is 1. The Bertz CT molecular complexity index is 1440. The number of aromatic nitrogens is 4. The van der Waals surface area contributed by atoms with E-state index in [-0.39, 0.29) is 47.0 Å². The Morgan fingerprint density at radius 2 is 2.05 bits per heavy atom. The number of amides is 2. The number of guanidine groups is 1. The molecular weight excluding hydrogens is 550 g/mol. The quantitative estimate of drug-likeness (QED) is 0.0504. The van der Waals surface area contributed by atoms with E-state index in [2.05, 4.69) is 30.8 Å². The molecule has 2 aromatic rings.